The van der Waals surface area contributed by atoms with Crippen LogP contribution >= 0.6 is 0 Å². The molecule has 1 unspecified atom stereocenters. The smallest absolute Gasteiger partial charge is 0.0291 e. The van der Waals surface area contributed by atoms with Gasteiger partial charge < -0.3 is 0 Å². The van der Waals surface area contributed by atoms with E-state index in [4.69, 9.17) is 11.1 Å². The third-order valence-electron chi connectivity index (χ3n) is 2.47. The fourth-order valence-electron chi connectivity index (χ4n) is 1.66. The molecule has 14 heavy (non-hydrogen) atoms. The van der Waals surface area contributed by atoms with Crippen molar-refractivity contribution < 1.29 is 0 Å². The Balaban J connectivity index is 2.54. The van der Waals surface area contributed by atoms with Gasteiger partial charge in [0.15, 0.2) is 0 Å². The molecular weight excluding hydrogens is 180 g/mol. The van der Waals surface area contributed by atoms with E-state index in [1.807, 2.05) is 0 Å². The van der Waals surface area contributed by atoms with Crippen LogP contribution in [0.3, 0.4) is 0 Å². The number of nitrogens with zero attached hydrogens (tertiary/aromatic N) is 6. The van der Waals surface area contributed by atoms with Gasteiger partial charge in [0.1, 0.15) is 0 Å². The molecule has 0 aromatic heterocycles. The summed E-state index contributed by atoms with van der Waals surface area (Å²) in [6.45, 7) is 0.985. The summed E-state index contributed by atoms with van der Waals surface area (Å²) in [5.41, 5.74) is 16.4. The van der Waals surface area contributed by atoms with E-state index in [0.29, 0.717) is 24.9 Å². The maximum absolute atomic E-state index is 8.22. The van der Waals surface area contributed by atoms with Crippen LogP contribution in [-0.2, 0) is 0 Å². The molecule has 0 radical (unpaired) electrons. The van der Waals surface area contributed by atoms with Crippen LogP contribution in [-0.4, -0.2) is 13.1 Å². The minimum Gasteiger partial charge on any atom is -0.0937 e. The summed E-state index contributed by atoms with van der Waals surface area (Å²) in [5.74, 6) is 0.641. The van der Waals surface area contributed by atoms with Crippen LogP contribution in [0.4, 0.5) is 0 Å². The number of rotatable bonds is 4. The molecule has 0 saturated heterocycles. The van der Waals surface area contributed by atoms with E-state index in [-0.39, 0.29) is 0 Å². The predicted molar refractivity (Wildman–Crippen MR) is 53.4 cm³/mol. The highest BCUT2D eigenvalue weighted by molar-refractivity contribution is 4.95. The molecule has 0 bridgehead atoms. The Morgan fingerprint density at radius 3 is 1.79 bits per heavy atom. The van der Waals surface area contributed by atoms with Crippen LogP contribution in [0.1, 0.15) is 12.8 Å². The average molecular weight is 192 g/mol. The first-order valence-corrected chi connectivity index (χ1v) is 4.55. The van der Waals surface area contributed by atoms with Crippen molar-refractivity contribution in [3.8, 4) is 0 Å². The molecule has 1 aliphatic carbocycles. The topological polar surface area (TPSA) is 97.5 Å². The Bertz CT molecular complexity index is 267. The summed E-state index contributed by atoms with van der Waals surface area (Å²) in [5, 5.41) is 7.13. The van der Waals surface area contributed by atoms with Crippen LogP contribution in [0.15, 0.2) is 22.4 Å². The highest BCUT2D eigenvalue weighted by Gasteiger charge is 2.20. The van der Waals surface area contributed by atoms with Crippen molar-refractivity contribution in [2.75, 3.05) is 13.1 Å². The van der Waals surface area contributed by atoms with Gasteiger partial charge in [-0.2, -0.15) is 0 Å². The van der Waals surface area contributed by atoms with Gasteiger partial charge in [-0.05, 0) is 35.7 Å². The van der Waals surface area contributed by atoms with Gasteiger partial charge in [-0.1, -0.05) is 22.4 Å². The summed E-state index contributed by atoms with van der Waals surface area (Å²) < 4.78 is 0. The Morgan fingerprint density at radius 1 is 1.00 bits per heavy atom. The number of azide groups is 2. The van der Waals surface area contributed by atoms with Crippen molar-refractivity contribution in [1.82, 2.24) is 0 Å². The second-order valence-corrected chi connectivity index (χ2v) is 3.29. The van der Waals surface area contributed by atoms with E-state index in [1.54, 1.807) is 0 Å². The van der Waals surface area contributed by atoms with Gasteiger partial charge in [0.2, 0.25) is 0 Å². The molecule has 0 amide bonds. The first-order chi connectivity index (χ1) is 6.88. The first-order valence-electron chi connectivity index (χ1n) is 4.55. The zero-order chi connectivity index (χ0) is 10.2. The molecule has 6 heteroatoms. The summed E-state index contributed by atoms with van der Waals surface area (Å²) in [7, 11) is 0. The second kappa shape index (κ2) is 5.91. The lowest BCUT2D eigenvalue weighted by Gasteiger charge is -2.25. The van der Waals surface area contributed by atoms with Crippen molar-refractivity contribution in [2.24, 2.45) is 22.1 Å². The molecule has 0 spiro atoms. The highest BCUT2D eigenvalue weighted by Crippen LogP contribution is 2.26. The molecule has 6 nitrogen and oxygen atoms in total. The maximum atomic E-state index is 8.22. The van der Waals surface area contributed by atoms with Gasteiger partial charge in [-0.25, -0.2) is 0 Å². The van der Waals surface area contributed by atoms with Gasteiger partial charge in [-0.15, -0.1) is 0 Å². The van der Waals surface area contributed by atoms with Crippen molar-refractivity contribution in [3.63, 3.8) is 0 Å². The van der Waals surface area contributed by atoms with E-state index in [9.17, 15) is 0 Å². The highest BCUT2D eigenvalue weighted by atomic mass is 15.1. The number of allylic oxidation sites excluding steroid dienone is 2. The molecule has 0 N–H and O–H groups in total. The largest absolute Gasteiger partial charge is 0.0937 e. The van der Waals surface area contributed by atoms with Crippen LogP contribution in [0.5, 0.6) is 0 Å². The van der Waals surface area contributed by atoms with E-state index in [0.717, 1.165) is 12.8 Å². The van der Waals surface area contributed by atoms with Crippen LogP contribution in [0, 0.1) is 11.8 Å². The van der Waals surface area contributed by atoms with Gasteiger partial charge >= 0.3 is 0 Å². The van der Waals surface area contributed by atoms with Crippen molar-refractivity contribution in [2.45, 2.75) is 12.8 Å². The minimum atomic E-state index is 0.321. The minimum absolute atomic E-state index is 0.321. The molecule has 0 aromatic rings. The van der Waals surface area contributed by atoms with Crippen LogP contribution in [0.25, 0.3) is 20.9 Å². The standard InChI is InChI=1S/C8H12N6/c9-13-11-5-7-3-1-2-4-8(7)6-12-14-10/h1-2,7-8H,3-6H2/t7-,8?/m0/s1. The summed E-state index contributed by atoms with van der Waals surface area (Å²) in [6, 6.07) is 0. The fourth-order valence-corrected chi connectivity index (χ4v) is 1.66. The van der Waals surface area contributed by atoms with Crippen molar-refractivity contribution in [3.05, 3.63) is 33.0 Å². The van der Waals surface area contributed by atoms with Gasteiger partial charge in [-0.3, -0.25) is 0 Å². The molecule has 0 fully saturated rings. The predicted octanol–water partition coefficient (Wildman–Crippen LogP) is 3.19. The summed E-state index contributed by atoms with van der Waals surface area (Å²) >= 11 is 0. The Kier molecular flexibility index (Phi) is 4.41. The van der Waals surface area contributed by atoms with E-state index in [2.05, 4.69) is 32.2 Å². The van der Waals surface area contributed by atoms with Gasteiger partial charge in [0, 0.05) is 22.9 Å². The molecule has 0 saturated carbocycles. The molecular formula is C8H12N6. The Labute approximate surface area is 81.9 Å². The Hall–Kier alpha value is -1.64. The lowest BCUT2D eigenvalue weighted by Crippen LogP contribution is -2.21. The number of hydrogen-bond donors (Lipinski definition) is 0. The van der Waals surface area contributed by atoms with Crippen LogP contribution in [0.2, 0.25) is 0 Å². The quantitative estimate of drug-likeness (QED) is 0.283. The lowest BCUT2D eigenvalue weighted by atomic mass is 9.83. The monoisotopic (exact) mass is 192 g/mol. The third-order valence-corrected chi connectivity index (χ3v) is 2.47. The van der Waals surface area contributed by atoms with Gasteiger partial charge in [0.25, 0.3) is 0 Å². The molecule has 74 valence electrons. The third kappa shape index (κ3) is 3.01. The molecule has 0 aromatic carbocycles. The zero-order valence-electron chi connectivity index (χ0n) is 7.82. The summed E-state index contributed by atoms with van der Waals surface area (Å²) in [6.07, 6.45) is 5.99. The number of hydrogen-bond acceptors (Lipinski definition) is 2. The van der Waals surface area contributed by atoms with Crippen molar-refractivity contribution in [1.29, 1.82) is 0 Å². The second-order valence-electron chi connectivity index (χ2n) is 3.29. The van der Waals surface area contributed by atoms with E-state index in [1.165, 1.54) is 0 Å². The molecule has 0 aliphatic heterocycles. The SMILES string of the molecule is [N-]=[N+]=NCC1CC=CC[C@H]1CN=[N+]=[N-]. The molecule has 1 rings (SSSR count). The maximum Gasteiger partial charge on any atom is 0.0291 e. The van der Waals surface area contributed by atoms with Crippen molar-refractivity contribution >= 4 is 0 Å². The fraction of sp³-hybridized carbons (Fsp3) is 0.750. The normalized spacial score (nSPS) is 24.9. The average Bonchev–Trinajstić information content (AvgIpc) is 2.24. The molecule has 1 aliphatic rings. The van der Waals surface area contributed by atoms with E-state index >= 15 is 0 Å². The molecule has 2 atom stereocenters. The van der Waals surface area contributed by atoms with E-state index < -0.39 is 0 Å². The lowest BCUT2D eigenvalue weighted by molar-refractivity contribution is 0.338. The first kappa shape index (κ1) is 10.4. The zero-order valence-corrected chi connectivity index (χ0v) is 7.82. The van der Waals surface area contributed by atoms with Crippen LogP contribution < -0.4 is 0 Å². The van der Waals surface area contributed by atoms with Gasteiger partial charge in [0.05, 0.1) is 0 Å². The Morgan fingerprint density at radius 2 is 1.43 bits per heavy atom. The molecule has 0 heterocycles. The summed E-state index contributed by atoms with van der Waals surface area (Å²) in [4.78, 5) is 5.48.